The normalized spacial score (nSPS) is 15.5. The van der Waals surface area contributed by atoms with Crippen molar-refractivity contribution >= 4 is 29.2 Å². The molecule has 2 amide bonds. The van der Waals surface area contributed by atoms with Crippen LogP contribution in [0.1, 0.15) is 46.0 Å². The Labute approximate surface area is 141 Å². The van der Waals surface area contributed by atoms with Crippen molar-refractivity contribution in [1.82, 2.24) is 0 Å². The van der Waals surface area contributed by atoms with Crippen LogP contribution < -0.4 is 10.6 Å². The van der Waals surface area contributed by atoms with Crippen LogP contribution in [-0.2, 0) is 14.4 Å². The molecule has 0 aliphatic heterocycles. The van der Waals surface area contributed by atoms with Crippen LogP contribution in [0.15, 0.2) is 24.3 Å². The standard InChI is InChI=1S/C18H24N2O4/c1-12(2)10-15(21)19-13-4-6-14(7-5-13)20-16(22)11-18(17(23)24)8-3-9-18/h4-7,12H,3,8-11H2,1-2H3,(H,19,21)(H,20,22)(H,23,24). The minimum Gasteiger partial charge on any atom is -0.481 e. The predicted molar refractivity (Wildman–Crippen MR) is 91.7 cm³/mol. The van der Waals surface area contributed by atoms with Gasteiger partial charge in [-0.1, -0.05) is 20.3 Å². The Hall–Kier alpha value is -2.37. The average Bonchev–Trinajstić information content (AvgIpc) is 2.43. The van der Waals surface area contributed by atoms with Crippen LogP contribution in [-0.4, -0.2) is 22.9 Å². The number of amides is 2. The molecule has 1 aromatic carbocycles. The van der Waals surface area contributed by atoms with Crippen LogP contribution in [0, 0.1) is 11.3 Å². The summed E-state index contributed by atoms with van der Waals surface area (Å²) in [5.41, 5.74) is 0.357. The third-order valence-electron chi connectivity index (χ3n) is 4.31. The van der Waals surface area contributed by atoms with Crippen molar-refractivity contribution < 1.29 is 19.5 Å². The Morgan fingerprint density at radius 3 is 1.92 bits per heavy atom. The molecule has 0 saturated heterocycles. The van der Waals surface area contributed by atoms with E-state index in [0.717, 1.165) is 6.42 Å². The monoisotopic (exact) mass is 332 g/mol. The second-order valence-electron chi connectivity index (χ2n) is 6.89. The Morgan fingerprint density at radius 1 is 1.04 bits per heavy atom. The molecule has 0 bridgehead atoms. The third kappa shape index (κ3) is 4.57. The number of anilines is 2. The minimum atomic E-state index is -0.896. The zero-order valence-electron chi connectivity index (χ0n) is 14.1. The molecule has 3 N–H and O–H groups in total. The molecule has 0 atom stereocenters. The SMILES string of the molecule is CC(C)CC(=O)Nc1ccc(NC(=O)CC2(C(=O)O)CCC2)cc1. The van der Waals surface area contributed by atoms with Gasteiger partial charge in [-0.05, 0) is 43.0 Å². The molecule has 0 spiro atoms. The van der Waals surface area contributed by atoms with Crippen LogP contribution >= 0.6 is 0 Å². The van der Waals surface area contributed by atoms with Gasteiger partial charge in [0.1, 0.15) is 0 Å². The highest BCUT2D eigenvalue weighted by molar-refractivity contribution is 5.95. The Kier molecular flexibility index (Phi) is 5.59. The van der Waals surface area contributed by atoms with E-state index in [4.69, 9.17) is 0 Å². The number of hydrogen-bond donors (Lipinski definition) is 3. The molecule has 1 saturated carbocycles. The maximum Gasteiger partial charge on any atom is 0.310 e. The molecule has 0 radical (unpaired) electrons. The van der Waals surface area contributed by atoms with Crippen LogP contribution in [0.4, 0.5) is 11.4 Å². The summed E-state index contributed by atoms with van der Waals surface area (Å²) < 4.78 is 0. The van der Waals surface area contributed by atoms with Crippen LogP contribution in [0.3, 0.4) is 0 Å². The molecule has 130 valence electrons. The van der Waals surface area contributed by atoms with Gasteiger partial charge in [-0.3, -0.25) is 14.4 Å². The van der Waals surface area contributed by atoms with Gasteiger partial charge in [0.15, 0.2) is 0 Å². The summed E-state index contributed by atoms with van der Waals surface area (Å²) in [6.07, 6.45) is 2.41. The summed E-state index contributed by atoms with van der Waals surface area (Å²) in [6.45, 7) is 3.95. The van der Waals surface area contributed by atoms with Gasteiger partial charge in [0.05, 0.1) is 5.41 Å². The van der Waals surface area contributed by atoms with E-state index in [1.54, 1.807) is 24.3 Å². The summed E-state index contributed by atoms with van der Waals surface area (Å²) in [5.74, 6) is -0.951. The first kappa shape index (κ1) is 18.0. The zero-order valence-corrected chi connectivity index (χ0v) is 14.1. The van der Waals surface area contributed by atoms with Crippen molar-refractivity contribution in [3.8, 4) is 0 Å². The average molecular weight is 332 g/mol. The zero-order chi connectivity index (χ0) is 17.7. The number of carboxylic acid groups (broad SMARTS) is 1. The van der Waals surface area contributed by atoms with Crippen molar-refractivity contribution in [2.75, 3.05) is 10.6 Å². The highest BCUT2D eigenvalue weighted by Gasteiger charge is 2.45. The Morgan fingerprint density at radius 2 is 1.54 bits per heavy atom. The number of carboxylic acids is 1. The predicted octanol–water partition coefficient (Wildman–Crippen LogP) is 3.25. The molecule has 6 nitrogen and oxygen atoms in total. The van der Waals surface area contributed by atoms with Crippen molar-refractivity contribution in [3.63, 3.8) is 0 Å². The fourth-order valence-electron chi connectivity index (χ4n) is 2.80. The maximum atomic E-state index is 12.1. The van der Waals surface area contributed by atoms with E-state index in [9.17, 15) is 19.5 Å². The highest BCUT2D eigenvalue weighted by Crippen LogP contribution is 2.44. The van der Waals surface area contributed by atoms with Gasteiger partial charge in [0, 0.05) is 24.2 Å². The molecule has 0 aromatic heterocycles. The largest absolute Gasteiger partial charge is 0.481 e. The lowest BCUT2D eigenvalue weighted by Crippen LogP contribution is -2.41. The molecule has 1 aliphatic rings. The molecule has 24 heavy (non-hydrogen) atoms. The number of benzene rings is 1. The van der Waals surface area contributed by atoms with Gasteiger partial charge in [-0.2, -0.15) is 0 Å². The second-order valence-corrected chi connectivity index (χ2v) is 6.89. The van der Waals surface area contributed by atoms with E-state index in [2.05, 4.69) is 10.6 Å². The first-order valence-corrected chi connectivity index (χ1v) is 8.24. The molecule has 2 rings (SSSR count). The number of nitrogens with one attached hydrogen (secondary N) is 2. The fourth-order valence-corrected chi connectivity index (χ4v) is 2.80. The number of aliphatic carboxylic acids is 1. The van der Waals surface area contributed by atoms with Crippen LogP contribution in [0.5, 0.6) is 0 Å². The summed E-state index contributed by atoms with van der Waals surface area (Å²) in [7, 11) is 0. The third-order valence-corrected chi connectivity index (χ3v) is 4.31. The highest BCUT2D eigenvalue weighted by atomic mass is 16.4. The van der Waals surface area contributed by atoms with Crippen LogP contribution in [0.25, 0.3) is 0 Å². The van der Waals surface area contributed by atoms with E-state index < -0.39 is 11.4 Å². The molecule has 6 heteroatoms. The number of carbonyl (C=O) groups excluding carboxylic acids is 2. The van der Waals surface area contributed by atoms with Crippen molar-refractivity contribution in [2.24, 2.45) is 11.3 Å². The molecule has 1 fully saturated rings. The lowest BCUT2D eigenvalue weighted by Gasteiger charge is -2.36. The lowest BCUT2D eigenvalue weighted by molar-refractivity contribution is -0.157. The van der Waals surface area contributed by atoms with Gasteiger partial charge < -0.3 is 15.7 Å². The molecule has 0 unspecified atom stereocenters. The minimum absolute atomic E-state index is 0.00475. The number of carbonyl (C=O) groups is 3. The van der Waals surface area contributed by atoms with Gasteiger partial charge >= 0.3 is 5.97 Å². The smallest absolute Gasteiger partial charge is 0.310 e. The summed E-state index contributed by atoms with van der Waals surface area (Å²) in [6, 6.07) is 6.81. The van der Waals surface area contributed by atoms with Crippen molar-refractivity contribution in [3.05, 3.63) is 24.3 Å². The quantitative estimate of drug-likeness (QED) is 0.714. The van der Waals surface area contributed by atoms with Crippen molar-refractivity contribution in [2.45, 2.75) is 46.0 Å². The van der Waals surface area contributed by atoms with Gasteiger partial charge in [0.25, 0.3) is 0 Å². The van der Waals surface area contributed by atoms with E-state index in [-0.39, 0.29) is 24.2 Å². The van der Waals surface area contributed by atoms with Gasteiger partial charge in [-0.25, -0.2) is 0 Å². The molecule has 1 aliphatic carbocycles. The van der Waals surface area contributed by atoms with E-state index in [1.807, 2.05) is 13.8 Å². The van der Waals surface area contributed by atoms with E-state index in [0.29, 0.717) is 30.6 Å². The molecule has 0 heterocycles. The molecule has 1 aromatic rings. The van der Waals surface area contributed by atoms with Gasteiger partial charge in [0.2, 0.25) is 11.8 Å². The second kappa shape index (κ2) is 7.47. The van der Waals surface area contributed by atoms with Gasteiger partial charge in [-0.15, -0.1) is 0 Å². The molecular formula is C18H24N2O4. The lowest BCUT2D eigenvalue weighted by atomic mass is 9.66. The first-order chi connectivity index (χ1) is 11.3. The Bertz CT molecular complexity index is 618. The Balaban J connectivity index is 1.88. The van der Waals surface area contributed by atoms with E-state index in [1.165, 1.54) is 0 Å². The first-order valence-electron chi connectivity index (χ1n) is 8.24. The summed E-state index contributed by atoms with van der Waals surface area (Å²) in [4.78, 5) is 35.1. The van der Waals surface area contributed by atoms with Crippen LogP contribution in [0.2, 0.25) is 0 Å². The fraction of sp³-hybridized carbons (Fsp3) is 0.500. The topological polar surface area (TPSA) is 95.5 Å². The molecular weight excluding hydrogens is 308 g/mol. The maximum absolute atomic E-state index is 12.1. The summed E-state index contributed by atoms with van der Waals surface area (Å²) >= 11 is 0. The summed E-state index contributed by atoms with van der Waals surface area (Å²) in [5, 5.41) is 14.8. The number of rotatable bonds is 7. The number of hydrogen-bond acceptors (Lipinski definition) is 3. The van der Waals surface area contributed by atoms with E-state index >= 15 is 0 Å². The van der Waals surface area contributed by atoms with Crippen molar-refractivity contribution in [1.29, 1.82) is 0 Å².